The third-order valence-corrected chi connectivity index (χ3v) is 4.52. The normalized spacial score (nSPS) is 22.0. The quantitative estimate of drug-likeness (QED) is 0.883. The molecule has 1 aromatic rings. The molecule has 0 bridgehead atoms. The van der Waals surface area contributed by atoms with Gasteiger partial charge in [0.25, 0.3) is 0 Å². The van der Waals surface area contributed by atoms with Gasteiger partial charge >= 0.3 is 6.09 Å². The van der Waals surface area contributed by atoms with Crippen molar-refractivity contribution < 1.29 is 14.3 Å². The minimum absolute atomic E-state index is 0.0220. The number of alkyl carbamates (subject to hydrolysis) is 1. The fraction of sp³-hybridized carbons (Fsp3) is 0.556. The van der Waals surface area contributed by atoms with Gasteiger partial charge in [-0.3, -0.25) is 0 Å². The standard InChI is InChI=1S/C18H23ClN2O3/c1-17(2,3)24-16(22)21-14-9-15(18(14,4)5)23-12-7-6-11(10-20)13(19)8-12/h6-8,14-15H,9H2,1-5H3,(H,21,22)/t14-,15-/m0/s1. The molecular weight excluding hydrogens is 328 g/mol. The molecule has 0 heterocycles. The molecule has 0 saturated heterocycles. The first kappa shape index (κ1) is 18.4. The van der Waals surface area contributed by atoms with Crippen molar-refractivity contribution in [1.29, 1.82) is 5.26 Å². The largest absolute Gasteiger partial charge is 0.490 e. The first-order valence-corrected chi connectivity index (χ1v) is 8.26. The Labute approximate surface area is 147 Å². The maximum Gasteiger partial charge on any atom is 0.407 e. The van der Waals surface area contributed by atoms with Crippen molar-refractivity contribution in [1.82, 2.24) is 5.32 Å². The Morgan fingerprint density at radius 3 is 2.58 bits per heavy atom. The maximum absolute atomic E-state index is 11.9. The topological polar surface area (TPSA) is 71.3 Å². The Bertz CT molecular complexity index is 674. The Morgan fingerprint density at radius 1 is 1.42 bits per heavy atom. The lowest BCUT2D eigenvalue weighted by Gasteiger charge is -2.51. The van der Waals surface area contributed by atoms with Gasteiger partial charge in [-0.15, -0.1) is 0 Å². The van der Waals surface area contributed by atoms with Gasteiger partial charge in [0.1, 0.15) is 23.5 Å². The van der Waals surface area contributed by atoms with Crippen LogP contribution < -0.4 is 10.1 Å². The zero-order valence-electron chi connectivity index (χ0n) is 14.6. The Kier molecular flexibility index (Phi) is 5.00. The number of nitriles is 1. The second-order valence-electron chi connectivity index (χ2n) is 7.62. The lowest BCUT2D eigenvalue weighted by Crippen LogP contribution is -2.63. The summed E-state index contributed by atoms with van der Waals surface area (Å²) in [7, 11) is 0. The number of benzene rings is 1. The van der Waals surface area contributed by atoms with Crippen LogP contribution in [0.2, 0.25) is 5.02 Å². The Hall–Kier alpha value is -1.93. The van der Waals surface area contributed by atoms with Gasteiger partial charge in [-0.1, -0.05) is 25.4 Å². The lowest BCUT2D eigenvalue weighted by molar-refractivity contribution is -0.0569. The van der Waals surface area contributed by atoms with Crippen LogP contribution in [0.4, 0.5) is 4.79 Å². The highest BCUT2D eigenvalue weighted by Gasteiger charge is 2.51. The van der Waals surface area contributed by atoms with Crippen LogP contribution in [0.15, 0.2) is 18.2 Å². The van der Waals surface area contributed by atoms with Crippen molar-refractivity contribution >= 4 is 17.7 Å². The van der Waals surface area contributed by atoms with Crippen LogP contribution in [-0.2, 0) is 4.74 Å². The van der Waals surface area contributed by atoms with E-state index in [1.165, 1.54) is 0 Å². The van der Waals surface area contributed by atoms with E-state index in [9.17, 15) is 4.79 Å². The van der Waals surface area contributed by atoms with Crippen molar-refractivity contribution in [3.8, 4) is 11.8 Å². The van der Waals surface area contributed by atoms with E-state index in [2.05, 4.69) is 5.32 Å². The minimum Gasteiger partial charge on any atom is -0.490 e. The molecule has 2 rings (SSSR count). The summed E-state index contributed by atoms with van der Waals surface area (Å²) in [5, 5.41) is 12.2. The molecule has 1 fully saturated rings. The molecule has 6 heteroatoms. The zero-order valence-corrected chi connectivity index (χ0v) is 15.4. The monoisotopic (exact) mass is 350 g/mol. The average Bonchev–Trinajstić information content (AvgIpc) is 2.44. The van der Waals surface area contributed by atoms with E-state index in [4.69, 9.17) is 26.3 Å². The predicted octanol–water partition coefficient (Wildman–Crippen LogP) is 4.28. The van der Waals surface area contributed by atoms with Crippen LogP contribution >= 0.6 is 11.6 Å². The molecule has 1 aromatic carbocycles. The van der Waals surface area contributed by atoms with Gasteiger partial charge < -0.3 is 14.8 Å². The summed E-state index contributed by atoms with van der Waals surface area (Å²) in [5.74, 6) is 0.618. The second-order valence-corrected chi connectivity index (χ2v) is 8.02. The van der Waals surface area contributed by atoms with Crippen LogP contribution in [0.1, 0.15) is 46.6 Å². The van der Waals surface area contributed by atoms with Gasteiger partial charge in [-0.25, -0.2) is 4.79 Å². The Morgan fingerprint density at radius 2 is 2.08 bits per heavy atom. The molecule has 24 heavy (non-hydrogen) atoms. The molecule has 0 aromatic heterocycles. The van der Waals surface area contributed by atoms with Crippen molar-refractivity contribution in [2.75, 3.05) is 0 Å². The van der Waals surface area contributed by atoms with E-state index in [0.29, 0.717) is 22.8 Å². The Balaban J connectivity index is 1.95. The highest BCUT2D eigenvalue weighted by Crippen LogP contribution is 2.43. The fourth-order valence-electron chi connectivity index (χ4n) is 2.60. The molecule has 5 nitrogen and oxygen atoms in total. The number of amides is 1. The highest BCUT2D eigenvalue weighted by atomic mass is 35.5. The number of rotatable bonds is 3. The second kappa shape index (κ2) is 6.52. The third kappa shape index (κ3) is 4.12. The fourth-order valence-corrected chi connectivity index (χ4v) is 2.82. The van der Waals surface area contributed by atoms with Crippen molar-refractivity contribution in [3.63, 3.8) is 0 Å². The molecule has 0 radical (unpaired) electrons. The molecule has 130 valence electrons. The van der Waals surface area contributed by atoms with Gasteiger partial charge in [0.2, 0.25) is 0 Å². The molecule has 2 atom stereocenters. The van der Waals surface area contributed by atoms with E-state index >= 15 is 0 Å². The maximum atomic E-state index is 11.9. The first-order chi connectivity index (χ1) is 11.0. The number of nitrogens with one attached hydrogen (secondary N) is 1. The number of carbonyl (C=O) groups is 1. The minimum atomic E-state index is -0.521. The molecular formula is C18H23ClN2O3. The van der Waals surface area contributed by atoms with E-state index in [0.717, 1.165) is 0 Å². The van der Waals surface area contributed by atoms with Crippen LogP contribution in [0, 0.1) is 16.7 Å². The van der Waals surface area contributed by atoms with Crippen LogP contribution in [0.5, 0.6) is 5.75 Å². The summed E-state index contributed by atoms with van der Waals surface area (Å²) < 4.78 is 11.3. The molecule has 1 saturated carbocycles. The van der Waals surface area contributed by atoms with E-state index < -0.39 is 11.7 Å². The predicted molar refractivity (Wildman–Crippen MR) is 92.1 cm³/mol. The van der Waals surface area contributed by atoms with Gasteiger partial charge in [0.05, 0.1) is 10.6 Å². The van der Waals surface area contributed by atoms with Crippen molar-refractivity contribution in [3.05, 3.63) is 28.8 Å². The molecule has 1 aliphatic rings. The van der Waals surface area contributed by atoms with Crippen molar-refractivity contribution in [2.45, 2.75) is 58.8 Å². The summed E-state index contributed by atoms with van der Waals surface area (Å²) in [5.41, 5.74) is -0.342. The summed E-state index contributed by atoms with van der Waals surface area (Å²) in [6.07, 6.45) is 0.214. The van der Waals surface area contributed by atoms with E-state index in [1.807, 2.05) is 40.7 Å². The smallest absolute Gasteiger partial charge is 0.407 e. The third-order valence-electron chi connectivity index (χ3n) is 4.21. The summed E-state index contributed by atoms with van der Waals surface area (Å²) in [6.45, 7) is 9.57. The van der Waals surface area contributed by atoms with Gasteiger partial charge in [-0.2, -0.15) is 5.26 Å². The molecule has 1 aliphatic carbocycles. The number of halogens is 1. The highest BCUT2D eigenvalue weighted by molar-refractivity contribution is 6.31. The molecule has 1 N–H and O–H groups in total. The van der Waals surface area contributed by atoms with Crippen LogP contribution in [0.3, 0.4) is 0 Å². The number of ether oxygens (including phenoxy) is 2. The van der Waals surface area contributed by atoms with Crippen LogP contribution in [-0.4, -0.2) is 23.8 Å². The molecule has 0 unspecified atom stereocenters. The van der Waals surface area contributed by atoms with E-state index in [1.54, 1.807) is 18.2 Å². The number of carbonyl (C=O) groups excluding carboxylic acids is 1. The summed E-state index contributed by atoms with van der Waals surface area (Å²) >= 11 is 6.03. The number of hydrogen-bond donors (Lipinski definition) is 1. The summed E-state index contributed by atoms with van der Waals surface area (Å²) in [4.78, 5) is 11.9. The summed E-state index contributed by atoms with van der Waals surface area (Å²) in [6, 6.07) is 7.01. The molecule has 0 spiro atoms. The van der Waals surface area contributed by atoms with Gasteiger partial charge in [0.15, 0.2) is 0 Å². The first-order valence-electron chi connectivity index (χ1n) is 7.89. The van der Waals surface area contributed by atoms with Gasteiger partial charge in [0, 0.05) is 23.9 Å². The molecule has 1 amide bonds. The average molecular weight is 351 g/mol. The zero-order chi connectivity index (χ0) is 18.1. The van der Waals surface area contributed by atoms with Gasteiger partial charge in [-0.05, 0) is 32.9 Å². The number of nitrogens with zero attached hydrogens (tertiary/aromatic N) is 1. The lowest BCUT2D eigenvalue weighted by atomic mass is 9.64. The SMILES string of the molecule is CC(C)(C)OC(=O)N[C@H]1C[C@H](Oc2ccc(C#N)c(Cl)c2)C1(C)C. The van der Waals surface area contributed by atoms with Crippen molar-refractivity contribution in [2.24, 2.45) is 5.41 Å². The van der Waals surface area contributed by atoms with E-state index in [-0.39, 0.29) is 17.6 Å². The number of hydrogen-bond acceptors (Lipinski definition) is 4. The molecule has 0 aliphatic heterocycles. The van der Waals surface area contributed by atoms with Crippen LogP contribution in [0.25, 0.3) is 0 Å².